The maximum atomic E-state index is 10.8. The summed E-state index contributed by atoms with van der Waals surface area (Å²) in [6, 6.07) is 0. The van der Waals surface area contributed by atoms with Crippen LogP contribution >= 0.6 is 0 Å². The van der Waals surface area contributed by atoms with E-state index in [1.807, 2.05) is 0 Å². The molecule has 0 saturated carbocycles. The van der Waals surface area contributed by atoms with Gasteiger partial charge in [-0.05, 0) is 0 Å². The predicted molar refractivity (Wildman–Crippen MR) is 36.8 cm³/mol. The van der Waals surface area contributed by atoms with Crippen LogP contribution in [-0.4, -0.2) is 29.4 Å². The quantitative estimate of drug-likeness (QED) is 0.340. The Morgan fingerprint density at radius 1 is 1.83 bits per heavy atom. The Kier molecular flexibility index (Phi) is 2.14. The van der Waals surface area contributed by atoms with Crippen LogP contribution in [0, 0.1) is 0 Å². The third-order valence-electron chi connectivity index (χ3n) is 1.43. The Morgan fingerprint density at radius 2 is 2.50 bits per heavy atom. The molecular formula is C7H8O5. The molecule has 66 valence electrons. The van der Waals surface area contributed by atoms with Gasteiger partial charge < -0.3 is 14.6 Å². The Bertz CT molecular complexity index is 234. The van der Waals surface area contributed by atoms with Crippen LogP contribution in [0.3, 0.4) is 0 Å². The van der Waals surface area contributed by atoms with Gasteiger partial charge in [-0.2, -0.15) is 0 Å². The highest BCUT2D eigenvalue weighted by Gasteiger charge is 2.46. The van der Waals surface area contributed by atoms with Crippen LogP contribution in [0.1, 0.15) is 6.42 Å². The first kappa shape index (κ1) is 8.73. The molecule has 5 nitrogen and oxygen atoms in total. The van der Waals surface area contributed by atoms with E-state index in [0.717, 1.165) is 6.08 Å². The van der Waals surface area contributed by atoms with Crippen molar-refractivity contribution >= 4 is 11.9 Å². The molecule has 0 aromatic carbocycles. The monoisotopic (exact) mass is 172 g/mol. The summed E-state index contributed by atoms with van der Waals surface area (Å²) < 4.78 is 8.80. The molecule has 0 aromatic heterocycles. The zero-order valence-electron chi connectivity index (χ0n) is 6.28. The standard InChI is InChI=1S/C7H8O5/c1-2-5(8)12-7(10)3-4-11-6(7)9/h2,10H,1,3-4H2. The van der Waals surface area contributed by atoms with E-state index in [4.69, 9.17) is 0 Å². The summed E-state index contributed by atoms with van der Waals surface area (Å²) in [5.74, 6) is -3.89. The van der Waals surface area contributed by atoms with Crippen LogP contribution in [0.4, 0.5) is 0 Å². The van der Waals surface area contributed by atoms with Crippen molar-refractivity contribution in [1.82, 2.24) is 0 Å². The van der Waals surface area contributed by atoms with Gasteiger partial charge in [0.05, 0.1) is 13.0 Å². The highest BCUT2D eigenvalue weighted by Crippen LogP contribution is 2.21. The summed E-state index contributed by atoms with van der Waals surface area (Å²) in [5, 5.41) is 9.30. The first-order valence-electron chi connectivity index (χ1n) is 3.33. The number of ether oxygens (including phenoxy) is 2. The lowest BCUT2D eigenvalue weighted by Crippen LogP contribution is -2.38. The molecule has 1 fully saturated rings. The predicted octanol–water partition coefficient (Wildman–Crippen LogP) is -0.649. The lowest BCUT2D eigenvalue weighted by atomic mass is 10.2. The minimum absolute atomic E-state index is 0.0363. The van der Waals surface area contributed by atoms with E-state index in [-0.39, 0.29) is 13.0 Å². The molecular weight excluding hydrogens is 164 g/mol. The average molecular weight is 172 g/mol. The second kappa shape index (κ2) is 2.94. The van der Waals surface area contributed by atoms with Gasteiger partial charge in [0.15, 0.2) is 0 Å². The molecule has 1 saturated heterocycles. The van der Waals surface area contributed by atoms with E-state index >= 15 is 0 Å². The van der Waals surface area contributed by atoms with Gasteiger partial charge in [-0.3, -0.25) is 0 Å². The van der Waals surface area contributed by atoms with E-state index in [2.05, 4.69) is 16.1 Å². The van der Waals surface area contributed by atoms with Gasteiger partial charge >= 0.3 is 17.7 Å². The van der Waals surface area contributed by atoms with Crippen molar-refractivity contribution < 1.29 is 24.2 Å². The highest BCUT2D eigenvalue weighted by molar-refractivity contribution is 5.87. The van der Waals surface area contributed by atoms with Crippen molar-refractivity contribution in [3.05, 3.63) is 12.7 Å². The molecule has 12 heavy (non-hydrogen) atoms. The first-order valence-corrected chi connectivity index (χ1v) is 3.33. The largest absolute Gasteiger partial charge is 0.461 e. The fraction of sp³-hybridized carbons (Fsp3) is 0.429. The Morgan fingerprint density at radius 3 is 2.92 bits per heavy atom. The van der Waals surface area contributed by atoms with Gasteiger partial charge in [0.2, 0.25) is 0 Å². The lowest BCUT2D eigenvalue weighted by molar-refractivity contribution is -0.208. The smallest absolute Gasteiger partial charge is 0.379 e. The van der Waals surface area contributed by atoms with Crippen molar-refractivity contribution in [2.45, 2.75) is 12.2 Å². The van der Waals surface area contributed by atoms with Crippen molar-refractivity contribution in [1.29, 1.82) is 0 Å². The molecule has 1 unspecified atom stereocenters. The molecule has 1 heterocycles. The summed E-state index contributed by atoms with van der Waals surface area (Å²) in [4.78, 5) is 21.4. The van der Waals surface area contributed by atoms with Crippen molar-refractivity contribution in [3.8, 4) is 0 Å². The molecule has 0 spiro atoms. The van der Waals surface area contributed by atoms with Gasteiger partial charge in [-0.15, -0.1) is 0 Å². The van der Waals surface area contributed by atoms with Gasteiger partial charge in [0.25, 0.3) is 0 Å². The average Bonchev–Trinajstić information content (AvgIpc) is 2.32. The molecule has 0 radical (unpaired) electrons. The Balaban J connectivity index is 2.65. The van der Waals surface area contributed by atoms with E-state index in [9.17, 15) is 14.7 Å². The number of rotatable bonds is 2. The number of carbonyl (C=O) groups excluding carboxylic acids is 2. The minimum atomic E-state index is -2.11. The second-order valence-electron chi connectivity index (χ2n) is 2.30. The third-order valence-corrected chi connectivity index (χ3v) is 1.43. The van der Waals surface area contributed by atoms with Crippen LogP contribution in [0.25, 0.3) is 0 Å². The molecule has 0 aliphatic carbocycles. The van der Waals surface area contributed by atoms with Crippen LogP contribution < -0.4 is 0 Å². The summed E-state index contributed by atoms with van der Waals surface area (Å²) in [6.45, 7) is 3.18. The molecule has 1 aliphatic heterocycles. The van der Waals surface area contributed by atoms with Gasteiger partial charge in [0, 0.05) is 6.08 Å². The van der Waals surface area contributed by atoms with Crippen LogP contribution in [0.15, 0.2) is 12.7 Å². The Hall–Kier alpha value is -1.36. The molecule has 0 amide bonds. The van der Waals surface area contributed by atoms with Gasteiger partial charge in [-0.1, -0.05) is 6.58 Å². The number of cyclic esters (lactones) is 1. The van der Waals surface area contributed by atoms with E-state index in [1.54, 1.807) is 0 Å². The molecule has 5 heteroatoms. The number of esters is 2. The van der Waals surface area contributed by atoms with E-state index in [0.29, 0.717) is 0 Å². The van der Waals surface area contributed by atoms with Crippen molar-refractivity contribution in [3.63, 3.8) is 0 Å². The summed E-state index contributed by atoms with van der Waals surface area (Å²) in [7, 11) is 0. The van der Waals surface area contributed by atoms with E-state index in [1.165, 1.54) is 0 Å². The first-order chi connectivity index (χ1) is 5.58. The SMILES string of the molecule is C=CC(=O)OC1(O)CCOC1=O. The summed E-state index contributed by atoms with van der Waals surface area (Å²) in [6.07, 6.45) is 0.828. The molecule has 0 bridgehead atoms. The summed E-state index contributed by atoms with van der Waals surface area (Å²) in [5.41, 5.74) is 0. The number of carbonyl (C=O) groups is 2. The molecule has 1 N–H and O–H groups in total. The zero-order valence-corrected chi connectivity index (χ0v) is 6.28. The summed E-state index contributed by atoms with van der Waals surface area (Å²) >= 11 is 0. The normalized spacial score (nSPS) is 27.9. The number of hydrogen-bond donors (Lipinski definition) is 1. The third kappa shape index (κ3) is 1.45. The second-order valence-corrected chi connectivity index (χ2v) is 2.30. The molecule has 0 aromatic rings. The van der Waals surface area contributed by atoms with Crippen LogP contribution in [-0.2, 0) is 19.1 Å². The van der Waals surface area contributed by atoms with Gasteiger partial charge in [-0.25, -0.2) is 9.59 Å². The molecule has 1 atom stereocenters. The minimum Gasteiger partial charge on any atom is -0.461 e. The number of aliphatic hydroxyl groups is 1. The molecule has 1 aliphatic rings. The highest BCUT2D eigenvalue weighted by atomic mass is 16.7. The van der Waals surface area contributed by atoms with Gasteiger partial charge in [0.1, 0.15) is 0 Å². The maximum absolute atomic E-state index is 10.8. The van der Waals surface area contributed by atoms with Crippen molar-refractivity contribution in [2.24, 2.45) is 0 Å². The Labute approximate surface area is 68.6 Å². The fourth-order valence-electron chi connectivity index (χ4n) is 0.798. The zero-order chi connectivity index (χ0) is 9.19. The van der Waals surface area contributed by atoms with Crippen LogP contribution in [0.2, 0.25) is 0 Å². The number of hydrogen-bond acceptors (Lipinski definition) is 5. The topological polar surface area (TPSA) is 72.8 Å². The fourth-order valence-corrected chi connectivity index (χ4v) is 0.798. The lowest BCUT2D eigenvalue weighted by Gasteiger charge is -2.16. The van der Waals surface area contributed by atoms with E-state index < -0.39 is 17.7 Å². The maximum Gasteiger partial charge on any atom is 0.379 e. The van der Waals surface area contributed by atoms with Crippen molar-refractivity contribution in [2.75, 3.05) is 6.61 Å². The molecule has 1 rings (SSSR count). The van der Waals surface area contributed by atoms with Crippen LogP contribution in [0.5, 0.6) is 0 Å².